The number of carbonyl (C=O) groups excluding carboxylic acids is 1. The summed E-state index contributed by atoms with van der Waals surface area (Å²) in [5.74, 6) is -1.07. The average molecular weight is 460 g/mol. The molecule has 0 saturated carbocycles. The number of hydrogen-bond acceptors (Lipinski definition) is 10. The highest BCUT2D eigenvalue weighted by Crippen LogP contribution is 2.26. The number of rotatable bonds is 12. The van der Waals surface area contributed by atoms with Gasteiger partial charge in [0, 0.05) is 29.1 Å². The Bertz CT molecular complexity index is 993. The van der Waals surface area contributed by atoms with Gasteiger partial charge in [-0.2, -0.15) is 0 Å². The van der Waals surface area contributed by atoms with E-state index < -0.39 is 11.8 Å². The predicted molar refractivity (Wildman–Crippen MR) is 117 cm³/mol. The molecule has 0 radical (unpaired) electrons. The zero-order valence-electron chi connectivity index (χ0n) is 17.9. The summed E-state index contributed by atoms with van der Waals surface area (Å²) in [5, 5.41) is 19.7. The first-order chi connectivity index (χ1) is 16.0. The van der Waals surface area contributed by atoms with E-state index in [1.54, 1.807) is 12.1 Å². The number of benzene rings is 1. The molecule has 3 rings (SSSR count). The Morgan fingerprint density at radius 3 is 2.70 bits per heavy atom. The van der Waals surface area contributed by atoms with Crippen molar-refractivity contribution in [2.45, 2.75) is 13.0 Å². The van der Waals surface area contributed by atoms with Crippen molar-refractivity contribution in [3.8, 4) is 11.1 Å². The molecule has 33 heavy (non-hydrogen) atoms. The van der Waals surface area contributed by atoms with Crippen LogP contribution >= 0.6 is 0 Å². The highest BCUT2D eigenvalue weighted by atomic mass is 19.1. The Hall–Kier alpha value is -3.64. The molecular formula is C21H25FN6O5. The van der Waals surface area contributed by atoms with E-state index in [1.165, 1.54) is 18.5 Å². The van der Waals surface area contributed by atoms with Gasteiger partial charge in [-0.1, -0.05) is 23.4 Å². The molecule has 2 aromatic rings. The van der Waals surface area contributed by atoms with E-state index in [4.69, 9.17) is 30.6 Å². The van der Waals surface area contributed by atoms with Crippen LogP contribution in [0.25, 0.3) is 11.1 Å². The fraction of sp³-hybridized carbons (Fsp3) is 0.381. The van der Waals surface area contributed by atoms with E-state index in [-0.39, 0.29) is 43.2 Å². The molecule has 0 bridgehead atoms. The average Bonchev–Trinajstić information content (AvgIpc) is 2.76. The van der Waals surface area contributed by atoms with E-state index >= 15 is 0 Å². The van der Waals surface area contributed by atoms with Gasteiger partial charge < -0.3 is 30.1 Å². The molecule has 1 aliphatic rings. The highest BCUT2D eigenvalue weighted by Gasteiger charge is 2.25. The van der Waals surface area contributed by atoms with E-state index in [0.29, 0.717) is 37.8 Å². The molecule has 2 heterocycles. The number of anilines is 1. The summed E-state index contributed by atoms with van der Waals surface area (Å²) in [4.78, 5) is 27.2. The lowest BCUT2D eigenvalue weighted by atomic mass is 10.1. The SMILES string of the molecule is N=C(N)CC(=O)OCc1cccc(-c2cnc(N3CC(=NOCCOCCO)C3)nc2)c1F. The van der Waals surface area contributed by atoms with Crippen LogP contribution in [0.1, 0.15) is 12.0 Å². The smallest absolute Gasteiger partial charge is 0.313 e. The number of aliphatic hydroxyl groups excluding tert-OH is 1. The molecule has 0 spiro atoms. The maximum atomic E-state index is 14.9. The van der Waals surface area contributed by atoms with Crippen molar-refractivity contribution >= 4 is 23.5 Å². The summed E-state index contributed by atoms with van der Waals surface area (Å²) in [5.41, 5.74) is 6.95. The number of ether oxygens (including phenoxy) is 2. The van der Waals surface area contributed by atoms with Gasteiger partial charge >= 0.3 is 5.97 Å². The Morgan fingerprint density at radius 2 is 2.00 bits per heavy atom. The summed E-state index contributed by atoms with van der Waals surface area (Å²) in [6.07, 6.45) is 2.71. The summed E-state index contributed by atoms with van der Waals surface area (Å²) in [6.45, 7) is 1.66. The minimum absolute atomic E-state index is 0.0298. The Morgan fingerprint density at radius 1 is 1.24 bits per heavy atom. The number of nitrogens with one attached hydrogen (secondary N) is 1. The van der Waals surface area contributed by atoms with E-state index in [1.807, 2.05) is 4.90 Å². The van der Waals surface area contributed by atoms with Gasteiger partial charge in [-0.25, -0.2) is 14.4 Å². The number of nitrogens with zero attached hydrogens (tertiary/aromatic N) is 4. The van der Waals surface area contributed by atoms with Gasteiger partial charge in [-0.3, -0.25) is 10.2 Å². The van der Waals surface area contributed by atoms with Crippen molar-refractivity contribution in [3.63, 3.8) is 0 Å². The van der Waals surface area contributed by atoms with E-state index in [9.17, 15) is 9.18 Å². The topological polar surface area (TPSA) is 156 Å². The fourth-order valence-electron chi connectivity index (χ4n) is 2.90. The zero-order chi connectivity index (χ0) is 23.6. The normalized spacial score (nSPS) is 12.8. The molecule has 1 aromatic carbocycles. The second-order valence-electron chi connectivity index (χ2n) is 7.10. The molecule has 4 N–H and O–H groups in total. The molecule has 0 aliphatic carbocycles. The van der Waals surface area contributed by atoms with Crippen LogP contribution in [-0.2, 0) is 25.7 Å². The van der Waals surface area contributed by atoms with Crippen molar-refractivity contribution in [2.75, 3.05) is 44.4 Å². The van der Waals surface area contributed by atoms with Crippen molar-refractivity contribution < 1.29 is 28.6 Å². The van der Waals surface area contributed by atoms with Crippen LogP contribution in [0.2, 0.25) is 0 Å². The number of aliphatic hydroxyl groups is 1. The van der Waals surface area contributed by atoms with E-state index in [2.05, 4.69) is 15.1 Å². The van der Waals surface area contributed by atoms with Crippen molar-refractivity contribution in [1.29, 1.82) is 5.41 Å². The van der Waals surface area contributed by atoms with Gasteiger partial charge in [-0.05, 0) is 0 Å². The molecule has 12 heteroatoms. The van der Waals surface area contributed by atoms with Gasteiger partial charge in [0.25, 0.3) is 0 Å². The standard InChI is InChI=1S/C21H25FN6O5/c22-20-14(13-32-19(30)8-18(23)24)2-1-3-17(20)15-9-25-21(26-10-15)28-11-16(12-28)27-33-7-6-31-5-4-29/h1-3,9-10,29H,4-8,11-13H2,(H3,23,24). The fourth-order valence-corrected chi connectivity index (χ4v) is 2.90. The van der Waals surface area contributed by atoms with Crippen LogP contribution in [-0.4, -0.2) is 72.1 Å². The number of halogens is 1. The van der Waals surface area contributed by atoms with Crippen molar-refractivity contribution in [3.05, 3.63) is 42.0 Å². The van der Waals surface area contributed by atoms with Crippen LogP contribution in [0.4, 0.5) is 10.3 Å². The second kappa shape index (κ2) is 11.8. The molecule has 1 aliphatic heterocycles. The highest BCUT2D eigenvalue weighted by molar-refractivity contribution is 5.98. The second-order valence-corrected chi connectivity index (χ2v) is 7.10. The van der Waals surface area contributed by atoms with E-state index in [0.717, 1.165) is 5.71 Å². The molecule has 176 valence electrons. The quantitative estimate of drug-likeness (QED) is 0.137. The molecule has 0 atom stereocenters. The van der Waals surface area contributed by atoms with Crippen LogP contribution in [0.15, 0.2) is 35.7 Å². The number of oxime groups is 1. The number of hydrogen-bond donors (Lipinski definition) is 3. The summed E-state index contributed by atoms with van der Waals surface area (Å²) in [6, 6.07) is 4.75. The maximum absolute atomic E-state index is 14.9. The van der Waals surface area contributed by atoms with Gasteiger partial charge in [-0.15, -0.1) is 0 Å². The van der Waals surface area contributed by atoms with Crippen LogP contribution in [0.3, 0.4) is 0 Å². The monoisotopic (exact) mass is 460 g/mol. The maximum Gasteiger partial charge on any atom is 0.313 e. The lowest BCUT2D eigenvalue weighted by Crippen LogP contribution is -2.48. The third-order valence-corrected chi connectivity index (χ3v) is 4.53. The molecule has 1 saturated heterocycles. The molecule has 1 aromatic heterocycles. The minimum atomic E-state index is -0.696. The third kappa shape index (κ3) is 6.92. The molecule has 0 amide bonds. The summed E-state index contributed by atoms with van der Waals surface area (Å²) in [7, 11) is 0. The number of esters is 1. The Labute approximate surface area is 189 Å². The lowest BCUT2D eigenvalue weighted by Gasteiger charge is -2.31. The van der Waals surface area contributed by atoms with Crippen molar-refractivity contribution in [2.24, 2.45) is 10.9 Å². The zero-order valence-corrected chi connectivity index (χ0v) is 17.9. The number of aromatic nitrogens is 2. The van der Waals surface area contributed by atoms with Gasteiger partial charge in [0.2, 0.25) is 5.95 Å². The number of carbonyl (C=O) groups is 1. The minimum Gasteiger partial charge on any atom is -0.460 e. The lowest BCUT2D eigenvalue weighted by molar-refractivity contribution is -0.143. The first-order valence-electron chi connectivity index (χ1n) is 10.2. The first kappa shape index (κ1) is 24.0. The third-order valence-electron chi connectivity index (χ3n) is 4.53. The predicted octanol–water partition coefficient (Wildman–Crippen LogP) is 0.853. The Balaban J connectivity index is 1.53. The number of nitrogens with two attached hydrogens (primary N) is 1. The first-order valence-corrected chi connectivity index (χ1v) is 10.2. The van der Waals surface area contributed by atoms with Crippen LogP contribution < -0.4 is 10.6 Å². The number of amidine groups is 1. The van der Waals surface area contributed by atoms with Crippen LogP contribution in [0.5, 0.6) is 0 Å². The molecule has 0 unspecified atom stereocenters. The van der Waals surface area contributed by atoms with Crippen LogP contribution in [0, 0.1) is 11.2 Å². The molecular weight excluding hydrogens is 435 g/mol. The molecule has 1 fully saturated rings. The van der Waals surface area contributed by atoms with Gasteiger partial charge in [0.15, 0.2) is 0 Å². The van der Waals surface area contributed by atoms with Gasteiger partial charge in [0.1, 0.15) is 31.3 Å². The molecule has 11 nitrogen and oxygen atoms in total. The summed E-state index contributed by atoms with van der Waals surface area (Å²) < 4.78 is 24.9. The Kier molecular flexibility index (Phi) is 8.61. The van der Waals surface area contributed by atoms with Gasteiger partial charge in [0.05, 0.1) is 38.6 Å². The summed E-state index contributed by atoms with van der Waals surface area (Å²) >= 11 is 0. The largest absolute Gasteiger partial charge is 0.460 e. The van der Waals surface area contributed by atoms with Crippen molar-refractivity contribution in [1.82, 2.24) is 9.97 Å².